The molecule has 1 saturated heterocycles. The first-order valence-corrected chi connectivity index (χ1v) is 7.86. The predicted molar refractivity (Wildman–Crippen MR) is 84.4 cm³/mol. The average Bonchev–Trinajstić information content (AvgIpc) is 2.71. The van der Waals surface area contributed by atoms with Crippen LogP contribution in [0.4, 0.5) is 5.69 Å². The zero-order valence-corrected chi connectivity index (χ0v) is 13.1. The number of nitrogens with zero attached hydrogens (tertiary/aromatic N) is 3. The number of pyridine rings is 1. The molecule has 2 rings (SSSR count). The van der Waals surface area contributed by atoms with Crippen molar-refractivity contribution < 1.29 is 10.2 Å². The summed E-state index contributed by atoms with van der Waals surface area (Å²) in [5, 5.41) is 20.2. The molecule has 0 amide bonds. The largest absolute Gasteiger partial charge is 0.390 e. The lowest BCUT2D eigenvalue weighted by Gasteiger charge is -2.24. The fraction of sp³-hybridized carbons (Fsp3) is 0.688. The Balaban J connectivity index is 2.09. The lowest BCUT2D eigenvalue weighted by atomic mass is 10.0. The number of hydrogen-bond acceptors (Lipinski definition) is 5. The van der Waals surface area contributed by atoms with Crippen LogP contribution >= 0.6 is 0 Å². The number of likely N-dealkylation sites (N-methyl/N-ethyl adjacent to an activating group) is 1. The van der Waals surface area contributed by atoms with Crippen molar-refractivity contribution in [1.82, 2.24) is 9.88 Å². The third-order valence-corrected chi connectivity index (χ3v) is 4.12. The maximum Gasteiger partial charge on any atom is 0.106 e. The van der Waals surface area contributed by atoms with Gasteiger partial charge < -0.3 is 20.0 Å². The van der Waals surface area contributed by atoms with Gasteiger partial charge in [0.25, 0.3) is 0 Å². The van der Waals surface area contributed by atoms with Gasteiger partial charge in [0.1, 0.15) is 6.10 Å². The van der Waals surface area contributed by atoms with E-state index in [1.54, 1.807) is 6.20 Å². The van der Waals surface area contributed by atoms with E-state index in [9.17, 15) is 10.2 Å². The van der Waals surface area contributed by atoms with Gasteiger partial charge in [-0.2, -0.15) is 0 Å². The van der Waals surface area contributed by atoms with Gasteiger partial charge in [0, 0.05) is 31.4 Å². The molecule has 1 aliphatic rings. The zero-order valence-electron chi connectivity index (χ0n) is 13.1. The number of hydrogen-bond donors (Lipinski definition) is 2. The lowest BCUT2D eigenvalue weighted by molar-refractivity contribution is 0.0129. The number of rotatable bonds is 5. The predicted octanol–water partition coefficient (Wildman–Crippen LogP) is 1.42. The molecule has 118 valence electrons. The quantitative estimate of drug-likeness (QED) is 0.860. The number of aliphatic hydroxyl groups is 2. The molecule has 0 radical (unpaired) electrons. The second kappa shape index (κ2) is 7.73. The summed E-state index contributed by atoms with van der Waals surface area (Å²) in [6, 6.07) is 1.96. The summed E-state index contributed by atoms with van der Waals surface area (Å²) in [5.41, 5.74) is 1.73. The van der Waals surface area contributed by atoms with Crippen molar-refractivity contribution >= 4 is 5.69 Å². The van der Waals surface area contributed by atoms with E-state index in [1.165, 1.54) is 0 Å². The molecule has 2 atom stereocenters. The van der Waals surface area contributed by atoms with Crippen molar-refractivity contribution in [2.75, 3.05) is 38.1 Å². The van der Waals surface area contributed by atoms with Gasteiger partial charge in [-0.1, -0.05) is 13.3 Å². The highest BCUT2D eigenvalue weighted by Crippen LogP contribution is 2.24. The maximum atomic E-state index is 10.2. The van der Waals surface area contributed by atoms with E-state index < -0.39 is 12.2 Å². The summed E-state index contributed by atoms with van der Waals surface area (Å²) in [6.45, 7) is 6.11. The van der Waals surface area contributed by atoms with Gasteiger partial charge in [-0.25, -0.2) is 0 Å². The van der Waals surface area contributed by atoms with E-state index in [0.717, 1.165) is 44.7 Å². The molecule has 0 aliphatic carbocycles. The summed E-state index contributed by atoms with van der Waals surface area (Å²) in [4.78, 5) is 8.88. The first-order valence-electron chi connectivity index (χ1n) is 7.86. The normalized spacial score (nSPS) is 20.1. The Morgan fingerprint density at radius 3 is 2.76 bits per heavy atom. The number of aromatic nitrogens is 1. The molecule has 0 spiro atoms. The fourth-order valence-electron chi connectivity index (χ4n) is 2.76. The molecule has 2 N–H and O–H groups in total. The van der Waals surface area contributed by atoms with Gasteiger partial charge in [0.15, 0.2) is 0 Å². The molecular weight excluding hydrogens is 266 g/mol. The maximum absolute atomic E-state index is 10.2. The minimum Gasteiger partial charge on any atom is -0.390 e. The number of anilines is 1. The summed E-state index contributed by atoms with van der Waals surface area (Å²) >= 11 is 0. The lowest BCUT2D eigenvalue weighted by Crippen LogP contribution is -2.29. The van der Waals surface area contributed by atoms with Crippen molar-refractivity contribution in [1.29, 1.82) is 0 Å². The zero-order chi connectivity index (χ0) is 15.2. The van der Waals surface area contributed by atoms with Crippen LogP contribution in [0, 0.1) is 0 Å². The van der Waals surface area contributed by atoms with Crippen molar-refractivity contribution in [3.8, 4) is 0 Å². The van der Waals surface area contributed by atoms with Crippen LogP contribution in [0.1, 0.15) is 37.9 Å². The Bertz CT molecular complexity index is 441. The van der Waals surface area contributed by atoms with Crippen LogP contribution < -0.4 is 4.90 Å². The summed E-state index contributed by atoms with van der Waals surface area (Å²) in [5.74, 6) is 0. The fourth-order valence-corrected chi connectivity index (χ4v) is 2.76. The highest BCUT2D eigenvalue weighted by molar-refractivity contribution is 5.46. The summed E-state index contributed by atoms with van der Waals surface area (Å²) < 4.78 is 0. The standard InChI is InChI=1S/C16H27N3O2/c1-3-5-15(20)16(21)13-10-14(12-17-11-13)19-7-4-6-18(2)8-9-19/h10-12,15-16,20-21H,3-9H2,1-2H3. The Labute approximate surface area is 127 Å². The molecule has 2 heterocycles. The molecule has 5 nitrogen and oxygen atoms in total. The van der Waals surface area contributed by atoms with E-state index in [0.29, 0.717) is 12.0 Å². The highest BCUT2D eigenvalue weighted by atomic mass is 16.3. The molecule has 21 heavy (non-hydrogen) atoms. The van der Waals surface area contributed by atoms with E-state index in [-0.39, 0.29) is 0 Å². The first-order chi connectivity index (χ1) is 10.1. The molecule has 0 aromatic carbocycles. The molecule has 1 aromatic heterocycles. The van der Waals surface area contributed by atoms with E-state index in [1.807, 2.05) is 19.2 Å². The Morgan fingerprint density at radius 1 is 1.19 bits per heavy atom. The molecule has 1 aromatic rings. The van der Waals surface area contributed by atoms with Crippen LogP contribution in [-0.4, -0.2) is 59.4 Å². The summed E-state index contributed by atoms with van der Waals surface area (Å²) in [6.07, 6.45) is 4.49. The van der Waals surface area contributed by atoms with E-state index >= 15 is 0 Å². The third-order valence-electron chi connectivity index (χ3n) is 4.12. The van der Waals surface area contributed by atoms with Crippen molar-refractivity contribution in [2.45, 2.75) is 38.4 Å². The average molecular weight is 293 g/mol. The second-order valence-corrected chi connectivity index (χ2v) is 5.92. The Morgan fingerprint density at radius 2 is 2.00 bits per heavy atom. The van der Waals surface area contributed by atoms with Gasteiger partial charge in [-0.05, 0) is 32.5 Å². The van der Waals surface area contributed by atoms with Crippen LogP contribution in [0.15, 0.2) is 18.5 Å². The molecule has 1 aliphatic heterocycles. The van der Waals surface area contributed by atoms with Crippen LogP contribution in [0.5, 0.6) is 0 Å². The van der Waals surface area contributed by atoms with E-state index in [2.05, 4.69) is 21.8 Å². The SMILES string of the molecule is CCCC(O)C(O)c1cncc(N2CCCN(C)CC2)c1. The Kier molecular flexibility index (Phi) is 5.96. The van der Waals surface area contributed by atoms with Crippen LogP contribution in [0.2, 0.25) is 0 Å². The smallest absolute Gasteiger partial charge is 0.106 e. The van der Waals surface area contributed by atoms with Gasteiger partial charge in [-0.3, -0.25) is 4.98 Å². The van der Waals surface area contributed by atoms with Gasteiger partial charge in [0.2, 0.25) is 0 Å². The van der Waals surface area contributed by atoms with Gasteiger partial charge >= 0.3 is 0 Å². The Hall–Kier alpha value is -1.17. The summed E-state index contributed by atoms with van der Waals surface area (Å²) in [7, 11) is 2.14. The molecular formula is C16H27N3O2. The highest BCUT2D eigenvalue weighted by Gasteiger charge is 2.19. The first kappa shape index (κ1) is 16.2. The third kappa shape index (κ3) is 4.40. The molecule has 0 saturated carbocycles. The van der Waals surface area contributed by atoms with E-state index in [4.69, 9.17) is 0 Å². The van der Waals surface area contributed by atoms with Gasteiger partial charge in [-0.15, -0.1) is 0 Å². The van der Waals surface area contributed by atoms with Gasteiger partial charge in [0.05, 0.1) is 18.0 Å². The van der Waals surface area contributed by atoms with Crippen LogP contribution in [-0.2, 0) is 0 Å². The molecule has 0 bridgehead atoms. The van der Waals surface area contributed by atoms with Crippen molar-refractivity contribution in [3.05, 3.63) is 24.0 Å². The topological polar surface area (TPSA) is 59.8 Å². The number of aliphatic hydroxyl groups excluding tert-OH is 2. The van der Waals surface area contributed by atoms with Crippen LogP contribution in [0.3, 0.4) is 0 Å². The second-order valence-electron chi connectivity index (χ2n) is 5.92. The molecule has 5 heteroatoms. The van der Waals surface area contributed by atoms with Crippen LogP contribution in [0.25, 0.3) is 0 Å². The monoisotopic (exact) mass is 293 g/mol. The van der Waals surface area contributed by atoms with Crippen molar-refractivity contribution in [3.63, 3.8) is 0 Å². The molecule has 2 unspecified atom stereocenters. The van der Waals surface area contributed by atoms with Crippen molar-refractivity contribution in [2.24, 2.45) is 0 Å². The minimum absolute atomic E-state index is 0.597. The minimum atomic E-state index is -0.855. The molecule has 1 fully saturated rings.